The molecule has 0 atom stereocenters. The molecule has 0 amide bonds. The van der Waals surface area contributed by atoms with Crippen LogP contribution in [0.1, 0.15) is 111 Å². The van der Waals surface area contributed by atoms with E-state index in [0.717, 1.165) is 13.2 Å². The molecule has 0 aliphatic rings. The van der Waals surface area contributed by atoms with Crippen molar-refractivity contribution in [3.63, 3.8) is 0 Å². The van der Waals surface area contributed by atoms with Gasteiger partial charge in [0.2, 0.25) is 0 Å². The number of hydrogen-bond acceptors (Lipinski definition) is 2. The summed E-state index contributed by atoms with van der Waals surface area (Å²) >= 11 is -2.80. The van der Waals surface area contributed by atoms with Gasteiger partial charge in [-0.1, -0.05) is 0 Å². The quantitative estimate of drug-likeness (QED) is 0.149. The molecule has 0 aromatic carbocycles. The van der Waals surface area contributed by atoms with Gasteiger partial charge in [0, 0.05) is 0 Å². The number of unbranched alkanes of at least 4 members (excludes halogenated alkanes) is 9. The van der Waals surface area contributed by atoms with E-state index in [-0.39, 0.29) is 0 Å². The van der Waals surface area contributed by atoms with Gasteiger partial charge < -0.3 is 0 Å². The summed E-state index contributed by atoms with van der Waals surface area (Å²) in [6, 6.07) is 0. The summed E-state index contributed by atoms with van der Waals surface area (Å²) in [6.07, 6.45) is 17.0. The zero-order valence-electron chi connectivity index (χ0n) is 17.3. The third-order valence-corrected chi connectivity index (χ3v) is 15.7. The number of rotatable bonds is 19. The van der Waals surface area contributed by atoms with Crippen molar-refractivity contribution < 1.29 is 6.15 Å². The van der Waals surface area contributed by atoms with Gasteiger partial charge in [-0.05, 0) is 0 Å². The summed E-state index contributed by atoms with van der Waals surface area (Å²) < 4.78 is 15.7. The van der Waals surface area contributed by atoms with Gasteiger partial charge in [-0.3, -0.25) is 0 Å². The predicted molar refractivity (Wildman–Crippen MR) is 110 cm³/mol. The van der Waals surface area contributed by atoms with Crippen LogP contribution in [0.4, 0.5) is 0 Å². The van der Waals surface area contributed by atoms with E-state index in [1.54, 1.807) is 0 Å². The van der Waals surface area contributed by atoms with E-state index in [1.807, 2.05) is 0 Å². The van der Waals surface area contributed by atoms with Gasteiger partial charge in [0.05, 0.1) is 0 Å². The fraction of sp³-hybridized carbons (Fsp3) is 1.00. The molecule has 0 aliphatic carbocycles. The first kappa shape index (κ1) is 24.7. The van der Waals surface area contributed by atoms with E-state index in [0.29, 0.717) is 0 Å². The summed E-state index contributed by atoms with van der Waals surface area (Å²) in [5, 5.41) is 0. The van der Waals surface area contributed by atoms with Gasteiger partial charge in [-0.25, -0.2) is 0 Å². The third kappa shape index (κ3) is 13.9. The predicted octanol–water partition coefficient (Wildman–Crippen LogP) is 7.61. The average Bonchev–Trinajstić information content (AvgIpc) is 2.59. The van der Waals surface area contributed by atoms with Crippen LogP contribution in [0, 0.1) is 0 Å². The van der Waals surface area contributed by atoms with E-state index >= 15 is 0 Å². The van der Waals surface area contributed by atoms with Crippen LogP contribution in [-0.2, 0) is 6.15 Å². The van der Waals surface area contributed by atoms with Gasteiger partial charge >= 0.3 is 159 Å². The zero-order chi connectivity index (χ0) is 17.9. The fourth-order valence-electron chi connectivity index (χ4n) is 3.21. The van der Waals surface area contributed by atoms with Crippen molar-refractivity contribution in [3.05, 3.63) is 0 Å². The van der Waals surface area contributed by atoms with Crippen LogP contribution >= 0.6 is 0 Å². The molecule has 0 fully saturated rings. The van der Waals surface area contributed by atoms with Gasteiger partial charge in [-0.2, -0.15) is 0 Å². The standard InChI is InChI=1S/2C7H15O.C4H9.C3H7.Sn/c2*1-2-3-4-5-6-7-8;1-3-4-2;1-3-2;/h2*2-7H2,1H3;1,3-4H2,2H3;1,3H2,2H3;/q2*-1;;;+2. The van der Waals surface area contributed by atoms with Gasteiger partial charge in [0.15, 0.2) is 0 Å². The first-order chi connectivity index (χ1) is 11.7. The van der Waals surface area contributed by atoms with Crippen molar-refractivity contribution in [2.24, 2.45) is 0 Å². The maximum absolute atomic E-state index is 6.57. The van der Waals surface area contributed by atoms with Crippen LogP contribution < -0.4 is 0 Å². The molecule has 0 rings (SSSR count). The average molecular weight is 449 g/mol. The minimum absolute atomic E-state index is 0.958. The molecule has 0 heterocycles. The first-order valence-electron chi connectivity index (χ1n) is 11.0. The molecule has 0 aromatic heterocycles. The summed E-state index contributed by atoms with van der Waals surface area (Å²) in [5.41, 5.74) is 0. The van der Waals surface area contributed by atoms with Crippen molar-refractivity contribution in [1.82, 2.24) is 0 Å². The van der Waals surface area contributed by atoms with Crippen LogP contribution in [0.3, 0.4) is 0 Å². The maximum atomic E-state index is 6.57. The third-order valence-electron chi connectivity index (χ3n) is 4.77. The van der Waals surface area contributed by atoms with E-state index in [9.17, 15) is 0 Å². The Kier molecular flexibility index (Phi) is 19.1. The molecule has 24 heavy (non-hydrogen) atoms. The van der Waals surface area contributed by atoms with Crippen LogP contribution in [-0.4, -0.2) is 32.4 Å². The molecule has 0 radical (unpaired) electrons. The van der Waals surface area contributed by atoms with Crippen LogP contribution in [0.5, 0.6) is 0 Å². The molecule has 2 nitrogen and oxygen atoms in total. The first-order valence-corrected chi connectivity index (χ1v) is 17.4. The Labute approximate surface area is 158 Å². The van der Waals surface area contributed by atoms with E-state index < -0.39 is 19.2 Å². The Bertz CT molecular complexity index is 230. The second-order valence-corrected chi connectivity index (χ2v) is 17.0. The molecule has 146 valence electrons. The fourth-order valence-corrected chi connectivity index (χ4v) is 13.5. The van der Waals surface area contributed by atoms with Gasteiger partial charge in [0.1, 0.15) is 0 Å². The van der Waals surface area contributed by atoms with Crippen molar-refractivity contribution in [2.75, 3.05) is 13.2 Å². The van der Waals surface area contributed by atoms with E-state index in [4.69, 9.17) is 6.15 Å². The Morgan fingerprint density at radius 1 is 0.458 bits per heavy atom. The molecular weight excluding hydrogens is 403 g/mol. The monoisotopic (exact) mass is 450 g/mol. The SMILES string of the molecule is CCCCCCC[O][Sn]([CH2]CC)([CH2]CCC)[O]CCCCCCC. The Morgan fingerprint density at radius 3 is 1.33 bits per heavy atom. The van der Waals surface area contributed by atoms with Crippen molar-refractivity contribution >= 4 is 19.2 Å². The van der Waals surface area contributed by atoms with Crippen molar-refractivity contribution in [2.45, 2.75) is 120 Å². The summed E-state index contributed by atoms with van der Waals surface area (Å²) in [4.78, 5) is 0. The summed E-state index contributed by atoms with van der Waals surface area (Å²) in [6.45, 7) is 11.1. The Hall–Kier alpha value is 0.719. The van der Waals surface area contributed by atoms with Crippen molar-refractivity contribution in [3.8, 4) is 0 Å². The van der Waals surface area contributed by atoms with Gasteiger partial charge in [0.25, 0.3) is 0 Å². The molecule has 0 spiro atoms. The van der Waals surface area contributed by atoms with Crippen LogP contribution in [0.2, 0.25) is 8.87 Å². The molecule has 0 saturated heterocycles. The molecule has 0 bridgehead atoms. The molecule has 0 aliphatic heterocycles. The van der Waals surface area contributed by atoms with Gasteiger partial charge in [-0.15, -0.1) is 0 Å². The second kappa shape index (κ2) is 18.5. The number of hydrogen-bond donors (Lipinski definition) is 0. The van der Waals surface area contributed by atoms with Crippen LogP contribution in [0.15, 0.2) is 0 Å². The van der Waals surface area contributed by atoms with Crippen LogP contribution in [0.25, 0.3) is 0 Å². The van der Waals surface area contributed by atoms with Crippen molar-refractivity contribution in [1.29, 1.82) is 0 Å². The second-order valence-electron chi connectivity index (χ2n) is 7.29. The minimum atomic E-state index is -2.80. The zero-order valence-corrected chi connectivity index (χ0v) is 20.2. The van der Waals surface area contributed by atoms with E-state index in [1.165, 1.54) is 92.3 Å². The molecular formula is C21H46O2Sn. The Balaban J connectivity index is 4.23. The van der Waals surface area contributed by atoms with E-state index in [2.05, 4.69) is 27.7 Å². The Morgan fingerprint density at radius 2 is 0.917 bits per heavy atom. The summed E-state index contributed by atoms with van der Waals surface area (Å²) in [5.74, 6) is 0. The normalized spacial score (nSPS) is 12.0. The molecule has 3 heteroatoms. The molecule has 0 saturated carbocycles. The summed E-state index contributed by atoms with van der Waals surface area (Å²) in [7, 11) is 0. The molecule has 0 aromatic rings. The molecule has 0 unspecified atom stereocenters. The molecule has 0 N–H and O–H groups in total. The topological polar surface area (TPSA) is 18.5 Å².